The van der Waals surface area contributed by atoms with Gasteiger partial charge in [0.05, 0.1) is 17.9 Å². The lowest BCUT2D eigenvalue weighted by molar-refractivity contribution is 0.101. The van der Waals surface area contributed by atoms with Crippen LogP contribution in [0.1, 0.15) is 35.3 Å². The van der Waals surface area contributed by atoms with Crippen LogP contribution in [0.5, 0.6) is 0 Å². The minimum Gasteiger partial charge on any atom is -0.317 e. The van der Waals surface area contributed by atoms with E-state index in [9.17, 15) is 4.79 Å². The monoisotopic (exact) mass is 275 g/mol. The van der Waals surface area contributed by atoms with Crippen LogP contribution in [0.25, 0.3) is 0 Å². The van der Waals surface area contributed by atoms with Gasteiger partial charge >= 0.3 is 0 Å². The summed E-state index contributed by atoms with van der Waals surface area (Å²) in [4.78, 5) is 15.9. The van der Waals surface area contributed by atoms with Gasteiger partial charge in [0.2, 0.25) is 5.82 Å². The maximum atomic E-state index is 11.9. The number of carbonyl (C=O) groups excluding carboxylic acids is 1. The fraction of sp³-hybridized carbons (Fsp3) is 0.500. The predicted octanol–water partition coefficient (Wildman–Crippen LogP) is 0.486. The van der Waals surface area contributed by atoms with Crippen LogP contribution in [0.3, 0.4) is 0 Å². The van der Waals surface area contributed by atoms with Crippen molar-refractivity contribution in [2.24, 2.45) is 0 Å². The SMILES string of the molecule is Cc1nc(C(=O)Nc2cnn(C3CCNCC3)c2)n[nH]1. The van der Waals surface area contributed by atoms with Crippen LogP contribution in [0.4, 0.5) is 5.69 Å². The third-order valence-electron chi connectivity index (χ3n) is 3.34. The Hall–Kier alpha value is -2.22. The number of anilines is 1. The summed E-state index contributed by atoms with van der Waals surface area (Å²) in [5.74, 6) is 0.414. The van der Waals surface area contributed by atoms with Crippen molar-refractivity contribution in [1.29, 1.82) is 0 Å². The number of rotatable bonds is 3. The number of aryl methyl sites for hydroxylation is 1. The van der Waals surface area contributed by atoms with Gasteiger partial charge in [0.25, 0.3) is 5.91 Å². The maximum absolute atomic E-state index is 11.9. The highest BCUT2D eigenvalue weighted by Crippen LogP contribution is 2.19. The van der Waals surface area contributed by atoms with E-state index in [1.54, 1.807) is 13.1 Å². The molecular formula is C12H17N7O. The zero-order valence-corrected chi connectivity index (χ0v) is 11.3. The van der Waals surface area contributed by atoms with Crippen molar-refractivity contribution < 1.29 is 4.79 Å². The van der Waals surface area contributed by atoms with Crippen LogP contribution in [0, 0.1) is 6.92 Å². The molecule has 0 atom stereocenters. The summed E-state index contributed by atoms with van der Waals surface area (Å²) < 4.78 is 1.92. The molecule has 2 aromatic heterocycles. The molecule has 0 radical (unpaired) electrons. The summed E-state index contributed by atoms with van der Waals surface area (Å²) in [7, 11) is 0. The minimum absolute atomic E-state index is 0.136. The average molecular weight is 275 g/mol. The lowest BCUT2D eigenvalue weighted by Gasteiger charge is -2.22. The molecule has 20 heavy (non-hydrogen) atoms. The van der Waals surface area contributed by atoms with Gasteiger partial charge in [-0.05, 0) is 32.9 Å². The van der Waals surface area contributed by atoms with Crippen LogP contribution in [-0.2, 0) is 0 Å². The van der Waals surface area contributed by atoms with Gasteiger partial charge in [0.1, 0.15) is 5.82 Å². The Morgan fingerprint density at radius 2 is 2.25 bits per heavy atom. The normalized spacial score (nSPS) is 16.2. The van der Waals surface area contributed by atoms with Crippen molar-refractivity contribution in [3.8, 4) is 0 Å². The van der Waals surface area contributed by atoms with Crippen molar-refractivity contribution in [3.05, 3.63) is 24.0 Å². The molecule has 1 amide bonds. The van der Waals surface area contributed by atoms with Gasteiger partial charge in [-0.15, -0.1) is 5.10 Å². The second kappa shape index (κ2) is 5.41. The number of hydrogen-bond acceptors (Lipinski definition) is 5. The summed E-state index contributed by atoms with van der Waals surface area (Å²) >= 11 is 0. The molecule has 2 aromatic rings. The fourth-order valence-corrected chi connectivity index (χ4v) is 2.30. The lowest BCUT2D eigenvalue weighted by atomic mass is 10.1. The number of hydrogen-bond donors (Lipinski definition) is 3. The smallest absolute Gasteiger partial charge is 0.295 e. The van der Waals surface area contributed by atoms with E-state index in [0.29, 0.717) is 17.6 Å². The Labute approximate surface area is 116 Å². The molecule has 0 bridgehead atoms. The number of aromatic nitrogens is 5. The van der Waals surface area contributed by atoms with Gasteiger partial charge in [-0.2, -0.15) is 5.10 Å². The largest absolute Gasteiger partial charge is 0.317 e. The van der Waals surface area contributed by atoms with Crippen LogP contribution in [-0.4, -0.2) is 44.0 Å². The van der Waals surface area contributed by atoms with E-state index in [1.165, 1.54) is 0 Å². The molecule has 106 valence electrons. The molecule has 3 heterocycles. The van der Waals surface area contributed by atoms with E-state index in [2.05, 4.69) is 30.9 Å². The van der Waals surface area contributed by atoms with E-state index < -0.39 is 0 Å². The van der Waals surface area contributed by atoms with E-state index in [0.717, 1.165) is 25.9 Å². The van der Waals surface area contributed by atoms with Gasteiger partial charge in [0.15, 0.2) is 0 Å². The molecule has 8 nitrogen and oxygen atoms in total. The van der Waals surface area contributed by atoms with Crippen LogP contribution in [0.15, 0.2) is 12.4 Å². The number of carbonyl (C=O) groups is 1. The van der Waals surface area contributed by atoms with E-state index >= 15 is 0 Å². The van der Waals surface area contributed by atoms with Gasteiger partial charge in [-0.3, -0.25) is 14.6 Å². The van der Waals surface area contributed by atoms with Gasteiger partial charge < -0.3 is 10.6 Å². The van der Waals surface area contributed by atoms with Gasteiger partial charge in [-0.1, -0.05) is 0 Å². The first-order valence-corrected chi connectivity index (χ1v) is 6.67. The fourth-order valence-electron chi connectivity index (χ4n) is 2.30. The van der Waals surface area contributed by atoms with Crippen LogP contribution in [0.2, 0.25) is 0 Å². The standard InChI is InChI=1S/C12H17N7O/c1-8-15-11(18-17-8)12(20)16-9-6-14-19(7-9)10-2-4-13-5-3-10/h6-7,10,13H,2-5H2,1H3,(H,16,20)(H,15,17,18). The number of amides is 1. The molecule has 8 heteroatoms. The van der Waals surface area contributed by atoms with E-state index in [1.807, 2.05) is 10.9 Å². The summed E-state index contributed by atoms with van der Waals surface area (Å²) in [5.41, 5.74) is 0.663. The zero-order chi connectivity index (χ0) is 13.9. The number of piperidine rings is 1. The van der Waals surface area contributed by atoms with Crippen molar-refractivity contribution in [1.82, 2.24) is 30.3 Å². The summed E-state index contributed by atoms with van der Waals surface area (Å²) in [6, 6.07) is 0.396. The van der Waals surface area contributed by atoms with Gasteiger partial charge in [-0.25, -0.2) is 4.98 Å². The van der Waals surface area contributed by atoms with E-state index in [-0.39, 0.29) is 11.7 Å². The van der Waals surface area contributed by atoms with Crippen molar-refractivity contribution in [2.45, 2.75) is 25.8 Å². The first-order chi connectivity index (χ1) is 9.72. The summed E-state index contributed by atoms with van der Waals surface area (Å²) in [5, 5.41) is 16.8. The maximum Gasteiger partial charge on any atom is 0.295 e. The van der Waals surface area contributed by atoms with E-state index in [4.69, 9.17) is 0 Å². The Balaban J connectivity index is 1.66. The molecule has 0 aliphatic carbocycles. The molecule has 0 aromatic carbocycles. The molecule has 1 aliphatic heterocycles. The first-order valence-electron chi connectivity index (χ1n) is 6.67. The highest BCUT2D eigenvalue weighted by Gasteiger charge is 2.17. The third-order valence-corrected chi connectivity index (χ3v) is 3.34. The van der Waals surface area contributed by atoms with Crippen LogP contribution >= 0.6 is 0 Å². The molecule has 0 spiro atoms. The highest BCUT2D eigenvalue weighted by molar-refractivity contribution is 6.01. The average Bonchev–Trinajstić information content (AvgIpc) is 3.09. The van der Waals surface area contributed by atoms with Crippen LogP contribution < -0.4 is 10.6 Å². The summed E-state index contributed by atoms with van der Waals surface area (Å²) in [6.45, 7) is 3.75. The number of nitrogens with zero attached hydrogens (tertiary/aromatic N) is 4. The van der Waals surface area contributed by atoms with Crippen molar-refractivity contribution in [2.75, 3.05) is 18.4 Å². The Kier molecular flexibility index (Phi) is 3.46. The Morgan fingerprint density at radius 3 is 2.95 bits per heavy atom. The second-order valence-electron chi connectivity index (χ2n) is 4.89. The Bertz CT molecular complexity index is 596. The third kappa shape index (κ3) is 2.69. The number of aromatic amines is 1. The molecule has 1 fully saturated rings. The number of H-pyrrole nitrogens is 1. The molecule has 1 aliphatic rings. The van der Waals surface area contributed by atoms with Crippen molar-refractivity contribution in [3.63, 3.8) is 0 Å². The molecule has 3 rings (SSSR count). The first kappa shape index (κ1) is 12.8. The second-order valence-corrected chi connectivity index (χ2v) is 4.89. The molecule has 3 N–H and O–H groups in total. The quantitative estimate of drug-likeness (QED) is 0.756. The molecule has 0 saturated carbocycles. The zero-order valence-electron chi connectivity index (χ0n) is 11.3. The highest BCUT2D eigenvalue weighted by atomic mass is 16.2. The molecular weight excluding hydrogens is 258 g/mol. The van der Waals surface area contributed by atoms with Gasteiger partial charge in [0, 0.05) is 6.20 Å². The molecule has 0 unspecified atom stereocenters. The number of nitrogens with one attached hydrogen (secondary N) is 3. The topological polar surface area (TPSA) is 101 Å². The minimum atomic E-state index is -0.334. The predicted molar refractivity (Wildman–Crippen MR) is 72.4 cm³/mol. The Morgan fingerprint density at radius 1 is 1.45 bits per heavy atom. The summed E-state index contributed by atoms with van der Waals surface area (Å²) in [6.07, 6.45) is 5.61. The molecule has 1 saturated heterocycles. The lowest BCUT2D eigenvalue weighted by Crippen LogP contribution is -2.29. The van der Waals surface area contributed by atoms with Crippen molar-refractivity contribution >= 4 is 11.6 Å².